The number of benzene rings is 1. The molecular formula is C14H15F2NO2S. The minimum absolute atomic E-state index is 0.162. The molecule has 1 saturated carbocycles. The van der Waals surface area contributed by atoms with Crippen LogP contribution in [0.4, 0.5) is 8.78 Å². The third kappa shape index (κ3) is 2.10. The van der Waals surface area contributed by atoms with Crippen LogP contribution < -0.4 is 0 Å². The van der Waals surface area contributed by atoms with Gasteiger partial charge in [-0.3, -0.25) is 0 Å². The van der Waals surface area contributed by atoms with E-state index in [4.69, 9.17) is 0 Å². The summed E-state index contributed by atoms with van der Waals surface area (Å²) >= 11 is 0. The van der Waals surface area contributed by atoms with E-state index < -0.39 is 26.2 Å². The van der Waals surface area contributed by atoms with E-state index in [9.17, 15) is 22.5 Å². The third-order valence-corrected chi connectivity index (χ3v) is 6.37. The van der Waals surface area contributed by atoms with Gasteiger partial charge >= 0.3 is 0 Å². The van der Waals surface area contributed by atoms with Gasteiger partial charge in [0.1, 0.15) is 0 Å². The smallest absolute Gasteiger partial charge is 0.197 e. The SMILES string of the molecule is CC(C)C1CC(C#N)(S(=O)(=O)c2ccc(F)c(F)c2)C1. The molecule has 0 saturated heterocycles. The van der Waals surface area contributed by atoms with Crippen LogP contribution in [0.3, 0.4) is 0 Å². The van der Waals surface area contributed by atoms with Crippen LogP contribution in [0, 0.1) is 34.8 Å². The molecule has 0 atom stereocenters. The van der Waals surface area contributed by atoms with Crippen LogP contribution in [0.15, 0.2) is 23.1 Å². The van der Waals surface area contributed by atoms with Crippen molar-refractivity contribution in [3.05, 3.63) is 29.8 Å². The van der Waals surface area contributed by atoms with E-state index in [0.29, 0.717) is 6.07 Å². The van der Waals surface area contributed by atoms with Crippen LogP contribution in [0.2, 0.25) is 0 Å². The Balaban J connectivity index is 2.40. The van der Waals surface area contributed by atoms with Crippen molar-refractivity contribution in [2.75, 3.05) is 0 Å². The minimum atomic E-state index is -3.99. The lowest BCUT2D eigenvalue weighted by Gasteiger charge is -2.43. The molecule has 20 heavy (non-hydrogen) atoms. The Morgan fingerprint density at radius 3 is 2.35 bits per heavy atom. The Morgan fingerprint density at radius 1 is 1.30 bits per heavy atom. The fourth-order valence-electron chi connectivity index (χ4n) is 2.50. The molecule has 0 spiro atoms. The van der Waals surface area contributed by atoms with E-state index in [-0.39, 0.29) is 29.6 Å². The highest BCUT2D eigenvalue weighted by molar-refractivity contribution is 7.93. The van der Waals surface area contributed by atoms with Crippen LogP contribution in [-0.2, 0) is 9.84 Å². The molecule has 6 heteroatoms. The molecule has 0 bridgehead atoms. The second-order valence-corrected chi connectivity index (χ2v) is 7.86. The largest absolute Gasteiger partial charge is 0.222 e. The quantitative estimate of drug-likeness (QED) is 0.806. The monoisotopic (exact) mass is 299 g/mol. The van der Waals surface area contributed by atoms with Gasteiger partial charge in [-0.25, -0.2) is 17.2 Å². The van der Waals surface area contributed by atoms with E-state index in [1.807, 2.05) is 19.9 Å². The molecule has 1 fully saturated rings. The van der Waals surface area contributed by atoms with Crippen LogP contribution in [0.25, 0.3) is 0 Å². The maximum Gasteiger partial charge on any atom is 0.197 e. The Labute approximate surface area is 117 Å². The van der Waals surface area contributed by atoms with Gasteiger partial charge in [0.2, 0.25) is 0 Å². The molecule has 3 nitrogen and oxygen atoms in total. The molecule has 0 unspecified atom stereocenters. The van der Waals surface area contributed by atoms with Gasteiger partial charge < -0.3 is 0 Å². The van der Waals surface area contributed by atoms with Gasteiger partial charge in [0, 0.05) is 0 Å². The fraction of sp³-hybridized carbons (Fsp3) is 0.500. The summed E-state index contributed by atoms with van der Waals surface area (Å²) in [5.41, 5.74) is 0. The predicted octanol–water partition coefficient (Wildman–Crippen LogP) is 3.07. The molecule has 0 amide bonds. The molecule has 1 aromatic carbocycles. The molecular weight excluding hydrogens is 284 g/mol. The maximum absolute atomic E-state index is 13.2. The van der Waals surface area contributed by atoms with Crippen molar-refractivity contribution in [2.45, 2.75) is 36.3 Å². The molecule has 0 N–H and O–H groups in total. The number of hydrogen-bond acceptors (Lipinski definition) is 3. The third-order valence-electron chi connectivity index (χ3n) is 4.05. The molecule has 0 heterocycles. The zero-order chi connectivity index (χ0) is 15.1. The van der Waals surface area contributed by atoms with Gasteiger partial charge in [0.25, 0.3) is 0 Å². The van der Waals surface area contributed by atoms with Gasteiger partial charge in [-0.2, -0.15) is 5.26 Å². The van der Waals surface area contributed by atoms with Gasteiger partial charge in [0.05, 0.1) is 11.0 Å². The molecule has 108 valence electrons. The number of rotatable bonds is 3. The predicted molar refractivity (Wildman–Crippen MR) is 69.4 cm³/mol. The van der Waals surface area contributed by atoms with E-state index in [0.717, 1.165) is 12.1 Å². The number of nitriles is 1. The van der Waals surface area contributed by atoms with Crippen molar-refractivity contribution in [3.8, 4) is 6.07 Å². The Hall–Kier alpha value is -1.48. The van der Waals surface area contributed by atoms with Crippen molar-refractivity contribution < 1.29 is 17.2 Å². The van der Waals surface area contributed by atoms with Crippen molar-refractivity contribution >= 4 is 9.84 Å². The summed E-state index contributed by atoms with van der Waals surface area (Å²) in [7, 11) is -3.99. The average molecular weight is 299 g/mol. The van der Waals surface area contributed by atoms with Gasteiger partial charge in [0.15, 0.2) is 26.2 Å². The first-order valence-electron chi connectivity index (χ1n) is 6.34. The zero-order valence-corrected chi connectivity index (χ0v) is 12.0. The average Bonchev–Trinajstić information content (AvgIpc) is 2.31. The first-order chi connectivity index (χ1) is 9.23. The summed E-state index contributed by atoms with van der Waals surface area (Å²) in [6.45, 7) is 3.94. The molecule has 0 radical (unpaired) electrons. The summed E-state index contributed by atoms with van der Waals surface area (Å²) in [6, 6.07) is 4.29. The minimum Gasteiger partial charge on any atom is -0.222 e. The molecule has 0 aromatic heterocycles. The highest BCUT2D eigenvalue weighted by Crippen LogP contribution is 2.49. The second kappa shape index (κ2) is 4.81. The lowest BCUT2D eigenvalue weighted by Crippen LogP contribution is -2.50. The molecule has 1 aliphatic rings. The van der Waals surface area contributed by atoms with E-state index in [1.165, 1.54) is 0 Å². The number of nitrogens with zero attached hydrogens (tertiary/aromatic N) is 1. The normalized spacial score (nSPS) is 26.1. The Morgan fingerprint density at radius 2 is 1.90 bits per heavy atom. The van der Waals surface area contributed by atoms with E-state index in [2.05, 4.69) is 0 Å². The number of halogens is 2. The van der Waals surface area contributed by atoms with Gasteiger partial charge in [-0.15, -0.1) is 0 Å². The summed E-state index contributed by atoms with van der Waals surface area (Å²) in [6.07, 6.45) is 0.477. The first kappa shape index (κ1) is 14.9. The Kier molecular flexibility index (Phi) is 3.59. The molecule has 0 aliphatic heterocycles. The van der Waals surface area contributed by atoms with E-state index >= 15 is 0 Å². The van der Waals surface area contributed by atoms with Crippen LogP contribution >= 0.6 is 0 Å². The number of hydrogen-bond donors (Lipinski definition) is 0. The molecule has 1 aromatic rings. The second-order valence-electron chi connectivity index (χ2n) is 5.60. The Bertz CT molecular complexity index is 671. The summed E-state index contributed by atoms with van der Waals surface area (Å²) in [4.78, 5) is -0.333. The van der Waals surface area contributed by atoms with Gasteiger partial charge in [-0.05, 0) is 42.9 Å². The number of sulfone groups is 1. The highest BCUT2D eigenvalue weighted by atomic mass is 32.2. The lowest BCUT2D eigenvalue weighted by molar-refractivity contribution is 0.198. The topological polar surface area (TPSA) is 57.9 Å². The zero-order valence-electron chi connectivity index (χ0n) is 11.2. The molecule has 2 rings (SSSR count). The lowest BCUT2D eigenvalue weighted by atomic mass is 9.69. The van der Waals surface area contributed by atoms with Gasteiger partial charge in [-0.1, -0.05) is 13.8 Å². The van der Waals surface area contributed by atoms with Crippen molar-refractivity contribution in [3.63, 3.8) is 0 Å². The summed E-state index contributed by atoms with van der Waals surface area (Å²) in [5.74, 6) is -1.88. The van der Waals surface area contributed by atoms with Crippen molar-refractivity contribution in [2.24, 2.45) is 11.8 Å². The fourth-order valence-corrected chi connectivity index (χ4v) is 4.44. The van der Waals surface area contributed by atoms with Crippen LogP contribution in [0.5, 0.6) is 0 Å². The maximum atomic E-state index is 13.2. The van der Waals surface area contributed by atoms with Crippen LogP contribution in [-0.4, -0.2) is 13.2 Å². The summed E-state index contributed by atoms with van der Waals surface area (Å²) < 4.78 is 49.6. The first-order valence-corrected chi connectivity index (χ1v) is 7.83. The van der Waals surface area contributed by atoms with Crippen LogP contribution in [0.1, 0.15) is 26.7 Å². The van der Waals surface area contributed by atoms with Crippen molar-refractivity contribution in [1.29, 1.82) is 5.26 Å². The summed E-state index contributed by atoms with van der Waals surface area (Å²) in [5, 5.41) is 9.26. The standard InChI is InChI=1S/C14H15F2NO2S/c1-9(2)10-6-14(7-10,8-17)20(18,19)11-3-4-12(15)13(16)5-11/h3-5,9-10H,6-7H2,1-2H3. The molecule has 1 aliphatic carbocycles. The highest BCUT2D eigenvalue weighted by Gasteiger charge is 2.55. The van der Waals surface area contributed by atoms with E-state index in [1.54, 1.807) is 0 Å². The van der Waals surface area contributed by atoms with Crippen molar-refractivity contribution in [1.82, 2.24) is 0 Å².